The van der Waals surface area contributed by atoms with Crippen LogP contribution in [0, 0.1) is 13.8 Å². The summed E-state index contributed by atoms with van der Waals surface area (Å²) in [5.41, 5.74) is 8.40. The number of hydrogen-bond donors (Lipinski definition) is 2. The molecule has 0 unspecified atom stereocenters. The SMILES string of the molecule is Cc1nc2sc(C=O)c(N)c2c(C)c1OCCN1CCNCC1. The summed E-state index contributed by atoms with van der Waals surface area (Å²) in [6.07, 6.45) is 0.793. The summed E-state index contributed by atoms with van der Waals surface area (Å²) in [6, 6.07) is 0. The van der Waals surface area contributed by atoms with Crippen molar-refractivity contribution in [2.45, 2.75) is 13.8 Å². The van der Waals surface area contributed by atoms with E-state index in [4.69, 9.17) is 10.5 Å². The third kappa shape index (κ3) is 3.17. The first-order valence-corrected chi connectivity index (χ1v) is 8.63. The number of hydrogen-bond acceptors (Lipinski definition) is 7. The predicted molar refractivity (Wildman–Crippen MR) is 93.7 cm³/mol. The first-order valence-electron chi connectivity index (χ1n) is 7.82. The van der Waals surface area contributed by atoms with Gasteiger partial charge >= 0.3 is 0 Å². The van der Waals surface area contributed by atoms with Crippen molar-refractivity contribution in [2.24, 2.45) is 0 Å². The molecule has 0 saturated carbocycles. The number of ether oxygens (including phenoxy) is 1. The molecule has 1 saturated heterocycles. The topological polar surface area (TPSA) is 80.5 Å². The highest BCUT2D eigenvalue weighted by molar-refractivity contribution is 7.20. The van der Waals surface area contributed by atoms with E-state index >= 15 is 0 Å². The third-order valence-corrected chi connectivity index (χ3v) is 5.26. The molecule has 124 valence electrons. The lowest BCUT2D eigenvalue weighted by Gasteiger charge is -2.27. The lowest BCUT2D eigenvalue weighted by Crippen LogP contribution is -2.44. The van der Waals surface area contributed by atoms with Crippen molar-refractivity contribution >= 4 is 33.5 Å². The smallest absolute Gasteiger partial charge is 0.162 e. The zero-order valence-corrected chi connectivity index (χ0v) is 14.3. The number of nitrogen functional groups attached to an aromatic ring is 1. The Hall–Kier alpha value is -1.70. The summed E-state index contributed by atoms with van der Waals surface area (Å²) in [5, 5.41) is 4.19. The number of thiophene rings is 1. The molecule has 0 radical (unpaired) electrons. The van der Waals surface area contributed by atoms with Crippen LogP contribution in [0.25, 0.3) is 10.2 Å². The largest absolute Gasteiger partial charge is 0.490 e. The van der Waals surface area contributed by atoms with Crippen LogP contribution < -0.4 is 15.8 Å². The van der Waals surface area contributed by atoms with Gasteiger partial charge in [0.25, 0.3) is 0 Å². The third-order valence-electron chi connectivity index (χ3n) is 4.24. The molecule has 6 nitrogen and oxygen atoms in total. The monoisotopic (exact) mass is 334 g/mol. The highest BCUT2D eigenvalue weighted by atomic mass is 32.1. The average molecular weight is 334 g/mol. The fourth-order valence-electron chi connectivity index (χ4n) is 2.99. The number of aryl methyl sites for hydroxylation is 2. The lowest BCUT2D eigenvalue weighted by atomic mass is 10.1. The highest BCUT2D eigenvalue weighted by Crippen LogP contribution is 2.38. The van der Waals surface area contributed by atoms with Crippen molar-refractivity contribution < 1.29 is 9.53 Å². The fourth-order valence-corrected chi connectivity index (χ4v) is 4.01. The van der Waals surface area contributed by atoms with Gasteiger partial charge in [0.05, 0.1) is 16.3 Å². The molecule has 1 aliphatic heterocycles. The van der Waals surface area contributed by atoms with Gasteiger partial charge in [-0.3, -0.25) is 9.69 Å². The second-order valence-corrected chi connectivity index (χ2v) is 6.80. The summed E-state index contributed by atoms with van der Waals surface area (Å²) in [4.78, 5) is 19.4. The van der Waals surface area contributed by atoms with Gasteiger partial charge in [0.15, 0.2) is 6.29 Å². The number of carbonyl (C=O) groups excluding carboxylic acids is 1. The molecular weight excluding hydrogens is 312 g/mol. The molecule has 23 heavy (non-hydrogen) atoms. The van der Waals surface area contributed by atoms with E-state index in [9.17, 15) is 4.79 Å². The Balaban J connectivity index is 1.79. The van der Waals surface area contributed by atoms with Crippen LogP contribution in [0.1, 0.15) is 20.9 Å². The maximum Gasteiger partial charge on any atom is 0.162 e. The number of nitrogens with two attached hydrogens (primary N) is 1. The molecule has 7 heteroatoms. The molecule has 0 aromatic carbocycles. The Labute approximate surface area is 139 Å². The molecule has 3 rings (SSSR count). The van der Waals surface area contributed by atoms with Gasteiger partial charge in [0.2, 0.25) is 0 Å². The number of anilines is 1. The maximum absolute atomic E-state index is 11.1. The van der Waals surface area contributed by atoms with E-state index in [2.05, 4.69) is 15.2 Å². The van der Waals surface area contributed by atoms with Gasteiger partial charge in [-0.1, -0.05) is 0 Å². The van der Waals surface area contributed by atoms with Crippen LogP contribution in [0.3, 0.4) is 0 Å². The molecule has 2 aromatic heterocycles. The van der Waals surface area contributed by atoms with Crippen molar-refractivity contribution in [2.75, 3.05) is 45.1 Å². The highest BCUT2D eigenvalue weighted by Gasteiger charge is 2.18. The molecule has 1 fully saturated rings. The van der Waals surface area contributed by atoms with Crippen molar-refractivity contribution in [3.05, 3.63) is 16.1 Å². The Morgan fingerprint density at radius 2 is 2.13 bits per heavy atom. The summed E-state index contributed by atoms with van der Waals surface area (Å²) < 4.78 is 6.01. The van der Waals surface area contributed by atoms with E-state index in [0.29, 0.717) is 17.2 Å². The molecule has 2 aromatic rings. The van der Waals surface area contributed by atoms with Gasteiger partial charge in [-0.15, -0.1) is 11.3 Å². The standard InChI is InChI=1S/C16H22N4O2S/c1-10-13-14(17)12(9-21)23-16(13)19-11(2)15(10)22-8-7-20-5-3-18-4-6-20/h9,18H,3-8,17H2,1-2H3. The van der Waals surface area contributed by atoms with Gasteiger partial charge in [0, 0.05) is 43.7 Å². The number of rotatable bonds is 5. The van der Waals surface area contributed by atoms with Crippen LogP contribution in [-0.4, -0.2) is 55.5 Å². The van der Waals surface area contributed by atoms with Crippen LogP contribution in [0.5, 0.6) is 5.75 Å². The number of pyridine rings is 1. The molecule has 1 aliphatic rings. The van der Waals surface area contributed by atoms with Crippen molar-refractivity contribution in [1.29, 1.82) is 0 Å². The minimum absolute atomic E-state index is 0.511. The number of fused-ring (bicyclic) bond motifs is 1. The lowest BCUT2D eigenvalue weighted by molar-refractivity contribution is 0.112. The van der Waals surface area contributed by atoms with Crippen LogP contribution in [0.15, 0.2) is 0 Å². The first-order chi connectivity index (χ1) is 11.1. The van der Waals surface area contributed by atoms with E-state index in [1.165, 1.54) is 11.3 Å². The Bertz CT molecular complexity index is 723. The minimum Gasteiger partial charge on any atom is -0.490 e. The van der Waals surface area contributed by atoms with Crippen molar-refractivity contribution in [3.63, 3.8) is 0 Å². The average Bonchev–Trinajstić information content (AvgIpc) is 2.87. The number of aromatic nitrogens is 1. The number of carbonyl (C=O) groups is 1. The van der Waals surface area contributed by atoms with E-state index in [-0.39, 0.29) is 0 Å². The number of nitrogens with one attached hydrogen (secondary N) is 1. The molecule has 3 heterocycles. The zero-order valence-electron chi connectivity index (χ0n) is 13.5. The van der Waals surface area contributed by atoms with E-state index in [1.807, 2.05) is 13.8 Å². The Kier molecular flexibility index (Phi) is 4.79. The van der Waals surface area contributed by atoms with Crippen molar-refractivity contribution in [1.82, 2.24) is 15.2 Å². The number of nitrogens with zero attached hydrogens (tertiary/aromatic N) is 2. The maximum atomic E-state index is 11.1. The molecule has 3 N–H and O–H groups in total. The van der Waals surface area contributed by atoms with Gasteiger partial charge in [-0.05, 0) is 13.8 Å². The van der Waals surface area contributed by atoms with Gasteiger partial charge < -0.3 is 15.8 Å². The molecule has 0 bridgehead atoms. The van der Waals surface area contributed by atoms with Crippen LogP contribution in [0.4, 0.5) is 5.69 Å². The summed E-state index contributed by atoms with van der Waals surface area (Å²) >= 11 is 1.33. The second kappa shape index (κ2) is 6.82. The van der Waals surface area contributed by atoms with Gasteiger partial charge in [0.1, 0.15) is 17.2 Å². The molecular formula is C16H22N4O2S. The van der Waals surface area contributed by atoms with Crippen LogP contribution >= 0.6 is 11.3 Å². The van der Waals surface area contributed by atoms with Gasteiger partial charge in [-0.25, -0.2) is 4.98 Å². The Morgan fingerprint density at radius 1 is 1.39 bits per heavy atom. The van der Waals surface area contributed by atoms with Gasteiger partial charge in [-0.2, -0.15) is 0 Å². The molecule has 0 atom stereocenters. The minimum atomic E-state index is 0.511. The summed E-state index contributed by atoms with van der Waals surface area (Å²) in [5.74, 6) is 0.787. The summed E-state index contributed by atoms with van der Waals surface area (Å²) in [6.45, 7) is 9.61. The van der Waals surface area contributed by atoms with Crippen LogP contribution in [0.2, 0.25) is 0 Å². The quantitative estimate of drug-likeness (QED) is 0.808. The number of aldehydes is 1. The molecule has 0 spiro atoms. The van der Waals surface area contributed by atoms with E-state index in [0.717, 1.165) is 66.2 Å². The zero-order chi connectivity index (χ0) is 16.4. The first kappa shape index (κ1) is 16.2. The van der Waals surface area contributed by atoms with Crippen LogP contribution in [-0.2, 0) is 0 Å². The second-order valence-electron chi connectivity index (χ2n) is 5.77. The predicted octanol–water partition coefficient (Wildman–Crippen LogP) is 1.59. The molecule has 0 aliphatic carbocycles. The fraction of sp³-hybridized carbons (Fsp3) is 0.500. The van der Waals surface area contributed by atoms with Crippen molar-refractivity contribution in [3.8, 4) is 5.75 Å². The number of piperazine rings is 1. The summed E-state index contributed by atoms with van der Waals surface area (Å²) in [7, 11) is 0. The van der Waals surface area contributed by atoms with E-state index < -0.39 is 0 Å². The molecule has 0 amide bonds. The Morgan fingerprint density at radius 3 is 2.83 bits per heavy atom. The van der Waals surface area contributed by atoms with E-state index in [1.54, 1.807) is 0 Å². The normalized spacial score (nSPS) is 15.9.